The minimum Gasteiger partial charge on any atom is -0.496 e. The van der Waals surface area contributed by atoms with Crippen molar-refractivity contribution in [1.82, 2.24) is 14.5 Å². The lowest BCUT2D eigenvalue weighted by molar-refractivity contribution is 0.0284. The summed E-state index contributed by atoms with van der Waals surface area (Å²) in [5.74, 6) is 1.45. The van der Waals surface area contributed by atoms with E-state index in [9.17, 15) is 10.1 Å². The van der Waals surface area contributed by atoms with Crippen LogP contribution in [0.1, 0.15) is 43.9 Å². The number of aryl methyl sites for hydroxylation is 1. The Morgan fingerprint density at radius 2 is 2.05 bits per heavy atom. The summed E-state index contributed by atoms with van der Waals surface area (Å²) in [6.45, 7) is 11.0. The summed E-state index contributed by atoms with van der Waals surface area (Å²) >= 11 is 0. The number of nitrogens with two attached hydrogens (primary N) is 1. The molecule has 1 saturated heterocycles. The lowest BCUT2D eigenvalue weighted by atomic mass is 10.1. The molecule has 5 rings (SSSR count). The zero-order valence-electron chi connectivity index (χ0n) is 23.1. The van der Waals surface area contributed by atoms with Gasteiger partial charge in [0.1, 0.15) is 28.8 Å². The molecule has 1 atom stereocenters. The number of aromatic nitrogens is 2. The van der Waals surface area contributed by atoms with Crippen LogP contribution in [-0.4, -0.2) is 53.0 Å². The van der Waals surface area contributed by atoms with Gasteiger partial charge in [-0.1, -0.05) is 6.07 Å². The SMILES string of the molecule is COc1ccc(C)c(-n2c(N)c(C#N)c3c4occc4c(OC[C@H]4CCN(C(=O)OC(C)(C)C)C4)nc32)c1C. The van der Waals surface area contributed by atoms with Crippen LogP contribution in [0.3, 0.4) is 0 Å². The second-order valence-corrected chi connectivity index (χ2v) is 10.9. The zero-order chi connectivity index (χ0) is 28.1. The van der Waals surface area contributed by atoms with Crippen LogP contribution in [0.25, 0.3) is 27.7 Å². The number of benzene rings is 1. The lowest BCUT2D eigenvalue weighted by Crippen LogP contribution is -2.35. The van der Waals surface area contributed by atoms with Gasteiger partial charge in [-0.15, -0.1) is 0 Å². The van der Waals surface area contributed by atoms with E-state index in [-0.39, 0.29) is 23.4 Å². The van der Waals surface area contributed by atoms with Crippen LogP contribution < -0.4 is 15.2 Å². The van der Waals surface area contributed by atoms with E-state index in [1.165, 1.54) is 0 Å². The maximum absolute atomic E-state index is 12.5. The summed E-state index contributed by atoms with van der Waals surface area (Å²) in [5.41, 5.74) is 9.86. The molecule has 1 amide bonds. The first-order valence-electron chi connectivity index (χ1n) is 12.9. The second-order valence-electron chi connectivity index (χ2n) is 10.9. The predicted octanol–water partition coefficient (Wildman–Crippen LogP) is 5.49. The summed E-state index contributed by atoms with van der Waals surface area (Å²) < 4.78 is 25.0. The Labute approximate surface area is 226 Å². The number of nitrogens with zero attached hydrogens (tertiary/aromatic N) is 4. The van der Waals surface area contributed by atoms with Gasteiger partial charge in [0.05, 0.1) is 36.4 Å². The summed E-state index contributed by atoms with van der Waals surface area (Å²) in [5, 5.41) is 11.2. The van der Waals surface area contributed by atoms with Gasteiger partial charge in [0.25, 0.3) is 0 Å². The molecule has 10 nitrogen and oxygen atoms in total. The Morgan fingerprint density at radius 3 is 2.74 bits per heavy atom. The van der Waals surface area contributed by atoms with Crippen molar-refractivity contribution >= 4 is 33.9 Å². The smallest absolute Gasteiger partial charge is 0.410 e. The molecular formula is C29H33N5O5. The van der Waals surface area contributed by atoms with Gasteiger partial charge in [-0.05, 0) is 58.7 Å². The van der Waals surface area contributed by atoms with E-state index >= 15 is 0 Å². The lowest BCUT2D eigenvalue weighted by Gasteiger charge is -2.24. The fraction of sp³-hybridized carbons (Fsp3) is 0.414. The molecule has 0 spiro atoms. The molecule has 1 aliphatic heterocycles. The number of pyridine rings is 1. The summed E-state index contributed by atoms with van der Waals surface area (Å²) in [7, 11) is 1.61. The fourth-order valence-electron chi connectivity index (χ4n) is 5.22. The van der Waals surface area contributed by atoms with Gasteiger partial charge in [0, 0.05) is 24.6 Å². The third-order valence-electron chi connectivity index (χ3n) is 7.04. The molecule has 1 aromatic carbocycles. The molecule has 0 bridgehead atoms. The van der Waals surface area contributed by atoms with Crippen LogP contribution in [0.2, 0.25) is 0 Å². The Kier molecular flexibility index (Phi) is 6.54. The van der Waals surface area contributed by atoms with Gasteiger partial charge in [-0.2, -0.15) is 10.2 Å². The number of hydrogen-bond donors (Lipinski definition) is 1. The Bertz CT molecular complexity index is 1620. The topological polar surface area (TPSA) is 129 Å². The third kappa shape index (κ3) is 4.58. The van der Waals surface area contributed by atoms with Gasteiger partial charge < -0.3 is 29.3 Å². The molecule has 0 saturated carbocycles. The number of fused-ring (bicyclic) bond motifs is 3. The first-order chi connectivity index (χ1) is 18.5. The van der Waals surface area contributed by atoms with Crippen LogP contribution in [-0.2, 0) is 4.74 Å². The van der Waals surface area contributed by atoms with Crippen LogP contribution >= 0.6 is 0 Å². The third-order valence-corrected chi connectivity index (χ3v) is 7.04. The molecule has 0 radical (unpaired) electrons. The van der Waals surface area contributed by atoms with E-state index in [1.807, 2.05) is 46.8 Å². The molecule has 1 fully saturated rings. The fourth-order valence-corrected chi connectivity index (χ4v) is 5.22. The number of hydrogen-bond acceptors (Lipinski definition) is 8. The highest BCUT2D eigenvalue weighted by molar-refractivity contribution is 6.09. The maximum atomic E-state index is 12.5. The van der Waals surface area contributed by atoms with Crippen molar-refractivity contribution in [2.24, 2.45) is 5.92 Å². The summed E-state index contributed by atoms with van der Waals surface area (Å²) in [6, 6.07) is 7.85. The number of anilines is 1. The van der Waals surface area contributed by atoms with E-state index in [2.05, 4.69) is 6.07 Å². The number of ether oxygens (including phenoxy) is 3. The van der Waals surface area contributed by atoms with Crippen molar-refractivity contribution in [1.29, 1.82) is 5.26 Å². The van der Waals surface area contributed by atoms with E-state index in [1.54, 1.807) is 28.9 Å². The largest absolute Gasteiger partial charge is 0.496 e. The highest BCUT2D eigenvalue weighted by Gasteiger charge is 2.31. The molecule has 0 aliphatic carbocycles. The molecule has 10 heteroatoms. The number of methoxy groups -OCH3 is 1. The van der Waals surface area contributed by atoms with Crippen molar-refractivity contribution in [3.8, 4) is 23.4 Å². The van der Waals surface area contributed by atoms with E-state index in [0.717, 1.165) is 23.2 Å². The highest BCUT2D eigenvalue weighted by atomic mass is 16.6. The number of furan rings is 1. The first kappa shape index (κ1) is 26.2. The van der Waals surface area contributed by atoms with Gasteiger partial charge in [-0.25, -0.2) is 4.79 Å². The summed E-state index contributed by atoms with van der Waals surface area (Å²) in [4.78, 5) is 19.1. The number of rotatable bonds is 5. The van der Waals surface area contributed by atoms with Gasteiger partial charge >= 0.3 is 6.09 Å². The number of carbonyl (C=O) groups excluding carboxylic acids is 1. The number of likely N-dealkylation sites (tertiary alicyclic amines) is 1. The Hall–Kier alpha value is -4.39. The van der Waals surface area contributed by atoms with Crippen molar-refractivity contribution < 1.29 is 23.4 Å². The van der Waals surface area contributed by atoms with Crippen molar-refractivity contribution in [3.05, 3.63) is 41.2 Å². The minimum atomic E-state index is -0.545. The molecule has 4 heterocycles. The van der Waals surface area contributed by atoms with Crippen LogP contribution in [0.4, 0.5) is 10.6 Å². The van der Waals surface area contributed by atoms with Crippen LogP contribution in [0.5, 0.6) is 11.6 Å². The molecule has 0 unspecified atom stereocenters. The Balaban J connectivity index is 1.54. The van der Waals surface area contributed by atoms with Gasteiger partial charge in [-0.3, -0.25) is 4.57 Å². The molecular weight excluding hydrogens is 498 g/mol. The number of carbonyl (C=O) groups is 1. The molecule has 39 heavy (non-hydrogen) atoms. The number of nitriles is 1. The van der Waals surface area contributed by atoms with Gasteiger partial charge in [0.15, 0.2) is 11.2 Å². The van der Waals surface area contributed by atoms with Crippen molar-refractivity contribution in [3.63, 3.8) is 0 Å². The number of amides is 1. The zero-order valence-corrected chi connectivity index (χ0v) is 23.1. The van der Waals surface area contributed by atoms with E-state index in [4.69, 9.17) is 29.3 Å². The van der Waals surface area contributed by atoms with Crippen molar-refractivity contribution in [2.75, 3.05) is 32.5 Å². The van der Waals surface area contributed by atoms with Crippen LogP contribution in [0.15, 0.2) is 28.9 Å². The normalized spacial score (nSPS) is 15.6. The van der Waals surface area contributed by atoms with E-state index < -0.39 is 5.60 Å². The van der Waals surface area contributed by atoms with Crippen LogP contribution in [0, 0.1) is 31.1 Å². The quantitative estimate of drug-likeness (QED) is 0.358. The van der Waals surface area contributed by atoms with Crippen molar-refractivity contribution in [2.45, 2.75) is 46.6 Å². The maximum Gasteiger partial charge on any atom is 0.410 e. The summed E-state index contributed by atoms with van der Waals surface area (Å²) in [6.07, 6.45) is 2.03. The molecule has 204 valence electrons. The standard InChI is InChI=1S/C29H33N5O5/c1-16-7-8-21(36-6)17(2)23(16)34-25(31)20(13-30)22-24-19(10-12-37-24)27(32-26(22)34)38-15-18-9-11-33(14-18)28(35)39-29(3,4)5/h7-8,10,12,18H,9,11,14-15,31H2,1-6H3/t18-/m0/s1. The second kappa shape index (κ2) is 9.73. The van der Waals surface area contributed by atoms with E-state index in [0.29, 0.717) is 53.3 Å². The predicted molar refractivity (Wildman–Crippen MR) is 147 cm³/mol. The number of nitrogen functional groups attached to an aromatic ring is 1. The molecule has 3 aromatic heterocycles. The average Bonchev–Trinajstić information content (AvgIpc) is 3.60. The average molecular weight is 532 g/mol. The molecule has 4 aromatic rings. The first-order valence-corrected chi connectivity index (χ1v) is 12.9. The molecule has 1 aliphatic rings. The van der Waals surface area contributed by atoms with Gasteiger partial charge in [0.2, 0.25) is 5.88 Å². The minimum absolute atomic E-state index is 0.117. The monoisotopic (exact) mass is 531 g/mol. The molecule has 2 N–H and O–H groups in total. The Morgan fingerprint density at radius 1 is 1.28 bits per heavy atom. The highest BCUT2D eigenvalue weighted by Crippen LogP contribution is 2.41.